The molecule has 3 heteroatoms. The molecule has 0 bridgehead atoms. The highest BCUT2D eigenvalue weighted by Gasteiger charge is 2.17. The molecule has 0 unspecified atom stereocenters. The molecule has 0 atom stereocenters. The van der Waals surface area contributed by atoms with Crippen molar-refractivity contribution in [3.63, 3.8) is 0 Å². The molecule has 0 aliphatic heterocycles. The normalized spacial score (nSPS) is 19.3. The summed E-state index contributed by atoms with van der Waals surface area (Å²) in [7, 11) is 0. The third-order valence-corrected chi connectivity index (χ3v) is 3.16. The molecule has 1 fully saturated rings. The lowest BCUT2D eigenvalue weighted by molar-refractivity contribution is 0.134. The summed E-state index contributed by atoms with van der Waals surface area (Å²) in [4.78, 5) is 11.6. The van der Waals surface area contributed by atoms with Crippen molar-refractivity contribution in [2.24, 2.45) is 0 Å². The number of hydrogen-bond acceptors (Lipinski definition) is 2. The van der Waals surface area contributed by atoms with E-state index in [1.165, 1.54) is 0 Å². The van der Waals surface area contributed by atoms with Crippen LogP contribution in [0.15, 0.2) is 35.9 Å². The Morgan fingerprint density at radius 3 is 2.61 bits per heavy atom. The molecule has 1 amide bonds. The summed E-state index contributed by atoms with van der Waals surface area (Å²) in [6.07, 6.45) is 3.26. The lowest BCUT2D eigenvalue weighted by atomic mass is 9.92. The van der Waals surface area contributed by atoms with Gasteiger partial charge in [-0.2, -0.15) is 0 Å². The molecule has 0 spiro atoms. The molecule has 1 N–H and O–H groups in total. The highest BCUT2D eigenvalue weighted by Crippen LogP contribution is 2.21. The van der Waals surface area contributed by atoms with E-state index in [4.69, 9.17) is 11.3 Å². The van der Waals surface area contributed by atoms with E-state index in [1.54, 1.807) is 0 Å². The zero-order valence-corrected chi connectivity index (χ0v) is 10.4. The van der Waals surface area contributed by atoms with Crippen LogP contribution in [-0.2, 0) is 11.3 Å². The Hall–Kier alpha value is -1.77. The molecule has 1 aromatic rings. The number of benzene rings is 1. The maximum atomic E-state index is 11.6. The molecule has 0 aromatic heterocycles. The van der Waals surface area contributed by atoms with Crippen LogP contribution in [0.5, 0.6) is 0 Å². The molecule has 0 heterocycles. The Labute approximate surface area is 108 Å². The topological polar surface area (TPSA) is 38.3 Å². The van der Waals surface area contributed by atoms with E-state index in [9.17, 15) is 4.79 Å². The average Bonchev–Trinajstić information content (AvgIpc) is 2.40. The molecule has 18 heavy (non-hydrogen) atoms. The molecule has 95 valence electrons. The Balaban J connectivity index is 1.71. The lowest BCUT2D eigenvalue weighted by Crippen LogP contribution is -2.36. The van der Waals surface area contributed by atoms with Gasteiger partial charge in [0.05, 0.1) is 0 Å². The van der Waals surface area contributed by atoms with Gasteiger partial charge in [0.15, 0.2) is 0 Å². The summed E-state index contributed by atoms with van der Waals surface area (Å²) >= 11 is 0. The number of hydrogen-bond donors (Lipinski definition) is 1. The van der Waals surface area contributed by atoms with E-state index in [2.05, 4.69) is 5.32 Å². The van der Waals surface area contributed by atoms with Crippen molar-refractivity contribution < 1.29 is 9.53 Å². The van der Waals surface area contributed by atoms with Gasteiger partial charge in [-0.1, -0.05) is 42.5 Å². The minimum atomic E-state index is -0.343. The van der Waals surface area contributed by atoms with Crippen LogP contribution in [0.2, 0.25) is 0 Å². The molecule has 1 radical (unpaired) electrons. The number of alkyl carbamates (subject to hydrolysis) is 1. The zero-order valence-electron chi connectivity index (χ0n) is 10.4. The smallest absolute Gasteiger partial charge is 0.407 e. The van der Waals surface area contributed by atoms with Crippen molar-refractivity contribution in [3.8, 4) is 0 Å². The van der Waals surface area contributed by atoms with Gasteiger partial charge in [-0.15, -0.1) is 0 Å². The standard InChI is InChI=1S/C15H18NO2/c1-12-7-9-14(10-8-12)16-15(17)18-11-13-5-3-2-4-6-13/h1-6,14H,7-11H2,(H,16,17). The quantitative estimate of drug-likeness (QED) is 0.886. The van der Waals surface area contributed by atoms with E-state index in [0.717, 1.165) is 36.8 Å². The predicted octanol–water partition coefficient (Wildman–Crippen LogP) is 3.21. The molecular weight excluding hydrogens is 226 g/mol. The number of rotatable bonds is 3. The number of ether oxygens (including phenoxy) is 1. The second kappa shape index (κ2) is 6.24. The van der Waals surface area contributed by atoms with Gasteiger partial charge < -0.3 is 10.1 Å². The number of carbonyl (C=O) groups excluding carboxylic acids is 1. The van der Waals surface area contributed by atoms with E-state index < -0.39 is 0 Å². The molecule has 1 aromatic carbocycles. The van der Waals surface area contributed by atoms with E-state index in [1.807, 2.05) is 30.3 Å². The summed E-state index contributed by atoms with van der Waals surface area (Å²) in [6, 6.07) is 9.85. The Bertz CT molecular complexity index is 404. The zero-order chi connectivity index (χ0) is 12.8. The molecule has 1 aliphatic rings. The van der Waals surface area contributed by atoms with Crippen molar-refractivity contribution in [3.05, 3.63) is 48.0 Å². The van der Waals surface area contributed by atoms with Gasteiger partial charge in [0.2, 0.25) is 0 Å². The lowest BCUT2D eigenvalue weighted by Gasteiger charge is -2.23. The number of allylic oxidation sites excluding steroid dienone is 1. The fourth-order valence-corrected chi connectivity index (χ4v) is 2.06. The summed E-state index contributed by atoms with van der Waals surface area (Å²) in [5.41, 5.74) is 2.03. The van der Waals surface area contributed by atoms with Crippen LogP contribution in [0.25, 0.3) is 0 Å². The van der Waals surface area contributed by atoms with Crippen molar-refractivity contribution in [2.45, 2.75) is 38.3 Å². The number of nitrogens with one attached hydrogen (secondary N) is 1. The van der Waals surface area contributed by atoms with Gasteiger partial charge in [0.1, 0.15) is 6.61 Å². The fraction of sp³-hybridized carbons (Fsp3) is 0.400. The first-order valence-electron chi connectivity index (χ1n) is 6.31. The van der Waals surface area contributed by atoms with Crippen molar-refractivity contribution in [2.75, 3.05) is 0 Å². The molecule has 2 rings (SSSR count). The fourth-order valence-electron chi connectivity index (χ4n) is 2.06. The van der Waals surface area contributed by atoms with E-state index in [0.29, 0.717) is 6.61 Å². The minimum Gasteiger partial charge on any atom is -0.445 e. The van der Waals surface area contributed by atoms with Gasteiger partial charge in [0.25, 0.3) is 0 Å². The van der Waals surface area contributed by atoms with Gasteiger partial charge in [0, 0.05) is 6.04 Å². The van der Waals surface area contributed by atoms with Gasteiger partial charge in [-0.3, -0.25) is 0 Å². The highest BCUT2D eigenvalue weighted by atomic mass is 16.5. The second-order valence-corrected chi connectivity index (χ2v) is 4.64. The van der Waals surface area contributed by atoms with E-state index in [-0.39, 0.29) is 12.1 Å². The maximum absolute atomic E-state index is 11.6. The Kier molecular flexibility index (Phi) is 4.40. The Morgan fingerprint density at radius 2 is 1.94 bits per heavy atom. The van der Waals surface area contributed by atoms with Crippen LogP contribution >= 0.6 is 0 Å². The third-order valence-electron chi connectivity index (χ3n) is 3.16. The third kappa shape index (κ3) is 3.91. The molecule has 3 nitrogen and oxygen atoms in total. The monoisotopic (exact) mass is 244 g/mol. The molecule has 0 saturated heterocycles. The maximum Gasteiger partial charge on any atom is 0.407 e. The van der Waals surface area contributed by atoms with Crippen molar-refractivity contribution in [1.29, 1.82) is 0 Å². The Morgan fingerprint density at radius 1 is 1.28 bits per heavy atom. The summed E-state index contributed by atoms with van der Waals surface area (Å²) < 4.78 is 5.17. The predicted molar refractivity (Wildman–Crippen MR) is 69.8 cm³/mol. The highest BCUT2D eigenvalue weighted by molar-refractivity contribution is 5.67. The van der Waals surface area contributed by atoms with Crippen LogP contribution in [0.4, 0.5) is 4.79 Å². The first-order valence-corrected chi connectivity index (χ1v) is 6.31. The largest absolute Gasteiger partial charge is 0.445 e. The van der Waals surface area contributed by atoms with Gasteiger partial charge >= 0.3 is 6.09 Å². The first-order chi connectivity index (χ1) is 8.74. The average molecular weight is 244 g/mol. The first kappa shape index (κ1) is 12.7. The number of amides is 1. The van der Waals surface area contributed by atoms with E-state index >= 15 is 0 Å². The summed E-state index contributed by atoms with van der Waals surface area (Å²) in [5, 5.41) is 2.88. The second-order valence-electron chi connectivity index (χ2n) is 4.64. The van der Waals surface area contributed by atoms with Crippen LogP contribution in [0.1, 0.15) is 31.2 Å². The molecule has 1 saturated carbocycles. The summed E-state index contributed by atoms with van der Waals surface area (Å²) in [5.74, 6) is 0. The minimum absolute atomic E-state index is 0.195. The van der Waals surface area contributed by atoms with Crippen LogP contribution in [-0.4, -0.2) is 12.1 Å². The SMILES string of the molecule is [CH]=C1CCC(NC(=O)OCc2ccccc2)CC1. The number of carbonyl (C=O) groups is 1. The van der Waals surface area contributed by atoms with Crippen LogP contribution in [0, 0.1) is 6.58 Å². The van der Waals surface area contributed by atoms with Gasteiger partial charge in [-0.05, 0) is 31.2 Å². The summed E-state index contributed by atoms with van der Waals surface area (Å²) in [6.45, 7) is 6.05. The van der Waals surface area contributed by atoms with Crippen molar-refractivity contribution in [1.82, 2.24) is 5.32 Å². The van der Waals surface area contributed by atoms with Crippen LogP contribution < -0.4 is 5.32 Å². The van der Waals surface area contributed by atoms with Crippen LogP contribution in [0.3, 0.4) is 0 Å². The molecular formula is C15H18NO2. The van der Waals surface area contributed by atoms with Gasteiger partial charge in [-0.25, -0.2) is 4.79 Å². The van der Waals surface area contributed by atoms with Crippen molar-refractivity contribution >= 4 is 6.09 Å². The molecule has 1 aliphatic carbocycles.